The number of rotatable bonds is 6. The standard InChI is InChI=1S/C21H27FN4OS.HI/c1-2-23-21(24-12-17-28(27)20-6-4-3-5-7-20)26-15-13-25(14-16-26)19-10-8-18(22)9-11-19;/h3-11H,2,12-17H2,1H3,(H,23,24);1H. The van der Waals surface area contributed by atoms with E-state index < -0.39 is 10.8 Å². The summed E-state index contributed by atoms with van der Waals surface area (Å²) in [4.78, 5) is 10.0. The van der Waals surface area contributed by atoms with E-state index in [9.17, 15) is 8.60 Å². The molecule has 1 heterocycles. The van der Waals surface area contributed by atoms with Crippen molar-refractivity contribution in [1.29, 1.82) is 0 Å². The number of hydrogen-bond acceptors (Lipinski definition) is 3. The summed E-state index contributed by atoms with van der Waals surface area (Å²) in [6.07, 6.45) is 0. The van der Waals surface area contributed by atoms with Gasteiger partial charge in [0.1, 0.15) is 5.82 Å². The fraction of sp³-hybridized carbons (Fsp3) is 0.381. The topological polar surface area (TPSA) is 47.9 Å². The second kappa shape index (κ2) is 12.1. The van der Waals surface area contributed by atoms with Crippen molar-refractivity contribution in [2.24, 2.45) is 4.99 Å². The van der Waals surface area contributed by atoms with Gasteiger partial charge in [-0.2, -0.15) is 0 Å². The molecule has 0 amide bonds. The second-order valence-electron chi connectivity index (χ2n) is 6.55. The average Bonchev–Trinajstić information content (AvgIpc) is 2.74. The van der Waals surface area contributed by atoms with Crippen molar-refractivity contribution in [2.45, 2.75) is 11.8 Å². The van der Waals surface area contributed by atoms with Gasteiger partial charge in [0.2, 0.25) is 0 Å². The van der Waals surface area contributed by atoms with Crippen LogP contribution in [0.1, 0.15) is 6.92 Å². The van der Waals surface area contributed by atoms with Crippen LogP contribution in [0.5, 0.6) is 0 Å². The number of anilines is 1. The third-order valence-electron chi connectivity index (χ3n) is 4.65. The van der Waals surface area contributed by atoms with Crippen LogP contribution in [0.15, 0.2) is 64.5 Å². The molecule has 1 aliphatic rings. The van der Waals surface area contributed by atoms with E-state index in [1.807, 2.05) is 49.4 Å². The molecule has 1 fully saturated rings. The minimum atomic E-state index is -1.03. The highest BCUT2D eigenvalue weighted by molar-refractivity contribution is 14.0. The predicted octanol–water partition coefficient (Wildman–Crippen LogP) is 3.34. The van der Waals surface area contributed by atoms with E-state index in [1.54, 1.807) is 0 Å². The predicted molar refractivity (Wildman–Crippen MR) is 129 cm³/mol. The van der Waals surface area contributed by atoms with Gasteiger partial charge in [0.25, 0.3) is 0 Å². The number of nitrogens with zero attached hydrogens (tertiary/aromatic N) is 3. The van der Waals surface area contributed by atoms with E-state index >= 15 is 0 Å². The van der Waals surface area contributed by atoms with Crippen molar-refractivity contribution in [3.63, 3.8) is 0 Å². The van der Waals surface area contributed by atoms with Crippen LogP contribution in [-0.2, 0) is 10.8 Å². The molecule has 5 nitrogen and oxygen atoms in total. The maximum absolute atomic E-state index is 13.1. The summed E-state index contributed by atoms with van der Waals surface area (Å²) in [7, 11) is -1.03. The van der Waals surface area contributed by atoms with Gasteiger partial charge in [-0.25, -0.2) is 4.39 Å². The molecule has 1 atom stereocenters. The molecule has 0 spiro atoms. The number of hydrogen-bond donors (Lipinski definition) is 1. The Labute approximate surface area is 191 Å². The van der Waals surface area contributed by atoms with Crippen molar-refractivity contribution in [3.8, 4) is 0 Å². The molecule has 0 saturated carbocycles. The van der Waals surface area contributed by atoms with Crippen molar-refractivity contribution < 1.29 is 8.60 Å². The molecule has 1 N–H and O–H groups in total. The van der Waals surface area contributed by atoms with Crippen LogP contribution in [0.25, 0.3) is 0 Å². The summed E-state index contributed by atoms with van der Waals surface area (Å²) in [5.74, 6) is 1.16. The lowest BCUT2D eigenvalue weighted by molar-refractivity contribution is 0.373. The van der Waals surface area contributed by atoms with Gasteiger partial charge in [-0.3, -0.25) is 9.20 Å². The lowest BCUT2D eigenvalue weighted by Crippen LogP contribution is -2.52. The number of halogens is 2. The molecule has 1 saturated heterocycles. The van der Waals surface area contributed by atoms with E-state index in [-0.39, 0.29) is 29.8 Å². The molecule has 1 unspecified atom stereocenters. The molecule has 0 aliphatic carbocycles. The normalized spacial score (nSPS) is 15.6. The highest BCUT2D eigenvalue weighted by Gasteiger charge is 2.19. The monoisotopic (exact) mass is 530 g/mol. The summed E-state index contributed by atoms with van der Waals surface area (Å²) in [5.41, 5.74) is 1.04. The first-order chi connectivity index (χ1) is 13.7. The Bertz CT molecular complexity index is 796. The fourth-order valence-electron chi connectivity index (χ4n) is 3.18. The molecule has 0 aromatic heterocycles. The third-order valence-corrected chi connectivity index (χ3v) is 6.00. The Balaban J connectivity index is 0.00000300. The Morgan fingerprint density at radius 3 is 2.34 bits per heavy atom. The third kappa shape index (κ3) is 6.95. The van der Waals surface area contributed by atoms with Gasteiger partial charge in [0.15, 0.2) is 5.96 Å². The Morgan fingerprint density at radius 2 is 1.72 bits per heavy atom. The molecule has 2 aromatic carbocycles. The van der Waals surface area contributed by atoms with Crippen LogP contribution in [0.4, 0.5) is 10.1 Å². The highest BCUT2D eigenvalue weighted by Crippen LogP contribution is 2.17. The molecule has 158 valence electrons. The van der Waals surface area contributed by atoms with E-state index in [1.165, 1.54) is 12.1 Å². The van der Waals surface area contributed by atoms with Crippen LogP contribution in [0.2, 0.25) is 0 Å². The zero-order valence-corrected chi connectivity index (χ0v) is 19.7. The van der Waals surface area contributed by atoms with E-state index in [0.717, 1.165) is 49.3 Å². The van der Waals surface area contributed by atoms with Crippen LogP contribution in [0, 0.1) is 5.82 Å². The van der Waals surface area contributed by atoms with E-state index in [4.69, 9.17) is 0 Å². The lowest BCUT2D eigenvalue weighted by atomic mass is 10.2. The van der Waals surface area contributed by atoms with Gasteiger partial charge in [0.05, 0.1) is 17.3 Å². The van der Waals surface area contributed by atoms with Gasteiger partial charge in [0, 0.05) is 49.1 Å². The minimum Gasteiger partial charge on any atom is -0.368 e. The molecule has 29 heavy (non-hydrogen) atoms. The maximum atomic E-state index is 13.1. The van der Waals surface area contributed by atoms with Gasteiger partial charge in [-0.1, -0.05) is 18.2 Å². The number of guanidine groups is 1. The first-order valence-corrected chi connectivity index (χ1v) is 11.0. The van der Waals surface area contributed by atoms with Crippen molar-refractivity contribution in [2.75, 3.05) is 49.9 Å². The van der Waals surface area contributed by atoms with Gasteiger partial charge >= 0.3 is 0 Å². The maximum Gasteiger partial charge on any atom is 0.194 e. The molecule has 0 bridgehead atoms. The van der Waals surface area contributed by atoms with E-state index in [2.05, 4.69) is 20.1 Å². The molecule has 8 heteroatoms. The lowest BCUT2D eigenvalue weighted by Gasteiger charge is -2.37. The van der Waals surface area contributed by atoms with Gasteiger partial charge in [-0.15, -0.1) is 24.0 Å². The molecular formula is C21H28FIN4OS. The second-order valence-corrected chi connectivity index (χ2v) is 8.12. The summed E-state index contributed by atoms with van der Waals surface area (Å²) in [5, 5.41) is 3.34. The zero-order chi connectivity index (χ0) is 19.8. The molecule has 1 aliphatic heterocycles. The Morgan fingerprint density at radius 1 is 1.07 bits per heavy atom. The zero-order valence-electron chi connectivity index (χ0n) is 16.6. The van der Waals surface area contributed by atoms with Crippen LogP contribution in [0.3, 0.4) is 0 Å². The van der Waals surface area contributed by atoms with Gasteiger partial charge < -0.3 is 15.1 Å². The smallest absolute Gasteiger partial charge is 0.194 e. The largest absolute Gasteiger partial charge is 0.368 e. The molecule has 2 aromatic rings. The minimum absolute atomic E-state index is 0. The quantitative estimate of drug-likeness (QED) is 0.354. The van der Waals surface area contributed by atoms with Crippen molar-refractivity contribution >= 4 is 46.4 Å². The van der Waals surface area contributed by atoms with Crippen LogP contribution >= 0.6 is 24.0 Å². The molecule has 3 rings (SSSR count). The molecular weight excluding hydrogens is 502 g/mol. The van der Waals surface area contributed by atoms with Crippen LogP contribution < -0.4 is 10.2 Å². The number of piperazine rings is 1. The first kappa shape index (κ1) is 23.6. The Hall–Kier alpha value is -1.68. The summed E-state index contributed by atoms with van der Waals surface area (Å²) in [6.45, 7) is 6.74. The Kier molecular flexibility index (Phi) is 9.86. The number of aliphatic imine (C=N–C) groups is 1. The molecule has 0 radical (unpaired) electrons. The summed E-state index contributed by atoms with van der Waals surface area (Å²) < 4.78 is 25.5. The van der Waals surface area contributed by atoms with E-state index in [0.29, 0.717) is 12.3 Å². The fourth-order valence-corrected chi connectivity index (χ4v) is 4.13. The van der Waals surface area contributed by atoms with Crippen molar-refractivity contribution in [1.82, 2.24) is 10.2 Å². The average molecular weight is 530 g/mol. The highest BCUT2D eigenvalue weighted by atomic mass is 127. The van der Waals surface area contributed by atoms with Crippen molar-refractivity contribution in [3.05, 3.63) is 60.4 Å². The summed E-state index contributed by atoms with van der Waals surface area (Å²) >= 11 is 0. The number of benzene rings is 2. The SMILES string of the molecule is CCNC(=NCCS(=O)c1ccccc1)N1CCN(c2ccc(F)cc2)CC1.I. The first-order valence-electron chi connectivity index (χ1n) is 9.64. The summed E-state index contributed by atoms with van der Waals surface area (Å²) in [6, 6.07) is 16.2. The number of nitrogens with one attached hydrogen (secondary N) is 1. The van der Waals surface area contributed by atoms with Crippen LogP contribution in [-0.4, -0.2) is 60.1 Å². The van der Waals surface area contributed by atoms with Gasteiger partial charge in [-0.05, 0) is 43.3 Å².